The lowest BCUT2D eigenvalue weighted by Crippen LogP contribution is -1.95. The summed E-state index contributed by atoms with van der Waals surface area (Å²) in [6.45, 7) is 3.01. The van der Waals surface area contributed by atoms with Crippen LogP contribution in [-0.4, -0.2) is 16.1 Å². The molecular formula is C13H13ClN2O. The van der Waals surface area contributed by atoms with Gasteiger partial charge in [-0.05, 0) is 24.1 Å². The lowest BCUT2D eigenvalue weighted by atomic mass is 10.1. The van der Waals surface area contributed by atoms with E-state index in [9.17, 15) is 4.79 Å². The number of benzene rings is 1. The van der Waals surface area contributed by atoms with Crippen LogP contribution in [0.4, 0.5) is 0 Å². The molecule has 0 amide bonds. The third kappa shape index (κ3) is 2.56. The van der Waals surface area contributed by atoms with Crippen molar-refractivity contribution in [3.8, 4) is 11.1 Å². The van der Waals surface area contributed by atoms with Crippen LogP contribution in [0, 0.1) is 0 Å². The second-order valence-corrected chi connectivity index (χ2v) is 4.25. The molecular weight excluding hydrogens is 236 g/mol. The molecule has 2 rings (SSSR count). The van der Waals surface area contributed by atoms with Gasteiger partial charge in [-0.1, -0.05) is 24.6 Å². The second kappa shape index (κ2) is 5.15. The molecule has 0 saturated carbocycles. The first kappa shape index (κ1) is 11.9. The highest BCUT2D eigenvalue weighted by atomic mass is 35.5. The second-order valence-electron chi connectivity index (χ2n) is 3.85. The van der Waals surface area contributed by atoms with Crippen LogP contribution >= 0.6 is 11.6 Å². The molecule has 1 heterocycles. The Bertz CT molecular complexity index is 534. The van der Waals surface area contributed by atoms with Crippen LogP contribution in [0.25, 0.3) is 11.1 Å². The van der Waals surface area contributed by atoms with E-state index < -0.39 is 0 Å². The van der Waals surface area contributed by atoms with E-state index in [1.165, 1.54) is 0 Å². The van der Waals surface area contributed by atoms with Gasteiger partial charge < -0.3 is 0 Å². The Morgan fingerprint density at radius 2 is 2.24 bits per heavy atom. The molecule has 0 aliphatic rings. The Labute approximate surface area is 105 Å². The Morgan fingerprint density at radius 3 is 2.88 bits per heavy atom. The zero-order valence-corrected chi connectivity index (χ0v) is 10.3. The van der Waals surface area contributed by atoms with Crippen molar-refractivity contribution in [2.75, 3.05) is 0 Å². The van der Waals surface area contributed by atoms with Crippen LogP contribution in [0.3, 0.4) is 0 Å². The minimum Gasteiger partial charge on any atom is -0.298 e. The van der Waals surface area contributed by atoms with Crippen LogP contribution < -0.4 is 0 Å². The zero-order chi connectivity index (χ0) is 12.3. The monoisotopic (exact) mass is 248 g/mol. The third-order valence-corrected chi connectivity index (χ3v) is 2.87. The first-order valence-corrected chi connectivity index (χ1v) is 5.90. The van der Waals surface area contributed by atoms with Gasteiger partial charge in [-0.15, -0.1) is 0 Å². The maximum atomic E-state index is 10.7. The van der Waals surface area contributed by atoms with E-state index >= 15 is 0 Å². The van der Waals surface area contributed by atoms with Gasteiger partial charge in [-0.2, -0.15) is 5.10 Å². The molecule has 0 fully saturated rings. The van der Waals surface area contributed by atoms with E-state index in [1.54, 1.807) is 12.1 Å². The van der Waals surface area contributed by atoms with E-state index in [0.29, 0.717) is 10.6 Å². The van der Waals surface area contributed by atoms with Gasteiger partial charge in [0.15, 0.2) is 6.29 Å². The largest absolute Gasteiger partial charge is 0.298 e. The van der Waals surface area contributed by atoms with E-state index in [0.717, 1.165) is 30.4 Å². The third-order valence-electron chi connectivity index (χ3n) is 2.55. The highest BCUT2D eigenvalue weighted by molar-refractivity contribution is 6.33. The predicted molar refractivity (Wildman–Crippen MR) is 68.4 cm³/mol. The predicted octanol–water partition coefficient (Wildman–Crippen LogP) is 3.43. The molecule has 0 spiro atoms. The first-order chi connectivity index (χ1) is 8.24. The van der Waals surface area contributed by atoms with Crippen molar-refractivity contribution < 1.29 is 4.79 Å². The smallest absolute Gasteiger partial charge is 0.151 e. The fraction of sp³-hybridized carbons (Fsp3) is 0.231. The Kier molecular flexibility index (Phi) is 3.59. The van der Waals surface area contributed by atoms with Crippen LogP contribution in [0.1, 0.15) is 23.7 Å². The highest BCUT2D eigenvalue weighted by Crippen LogP contribution is 2.24. The number of hydrogen-bond donors (Lipinski definition) is 0. The van der Waals surface area contributed by atoms with E-state index in [-0.39, 0.29) is 0 Å². The molecule has 0 unspecified atom stereocenters. The molecule has 88 valence electrons. The number of aldehydes is 1. The van der Waals surface area contributed by atoms with E-state index in [2.05, 4.69) is 12.0 Å². The van der Waals surface area contributed by atoms with Crippen molar-refractivity contribution in [3.05, 3.63) is 41.2 Å². The summed E-state index contributed by atoms with van der Waals surface area (Å²) in [7, 11) is 0. The Hall–Kier alpha value is -1.61. The molecule has 2 aromatic rings. The summed E-state index contributed by atoms with van der Waals surface area (Å²) in [5.74, 6) is 0. The summed E-state index contributed by atoms with van der Waals surface area (Å²) >= 11 is 5.99. The van der Waals surface area contributed by atoms with Gasteiger partial charge in [0.25, 0.3) is 0 Å². The van der Waals surface area contributed by atoms with Crippen molar-refractivity contribution in [2.24, 2.45) is 0 Å². The maximum absolute atomic E-state index is 10.7. The topological polar surface area (TPSA) is 34.9 Å². The Morgan fingerprint density at radius 1 is 1.41 bits per heavy atom. The fourth-order valence-electron chi connectivity index (χ4n) is 1.67. The molecule has 17 heavy (non-hydrogen) atoms. The number of carbonyl (C=O) groups is 1. The molecule has 0 radical (unpaired) electrons. The lowest BCUT2D eigenvalue weighted by molar-refractivity contribution is 0.112. The average Bonchev–Trinajstić information content (AvgIpc) is 2.78. The van der Waals surface area contributed by atoms with Crippen molar-refractivity contribution in [2.45, 2.75) is 19.9 Å². The number of aryl methyl sites for hydroxylation is 1. The SMILES string of the molecule is CCCn1cc(-c2ccc(C=O)c(Cl)c2)cn1. The number of aromatic nitrogens is 2. The van der Waals surface area contributed by atoms with Crippen LogP contribution in [-0.2, 0) is 6.54 Å². The van der Waals surface area contributed by atoms with Gasteiger partial charge in [0.1, 0.15) is 0 Å². The summed E-state index contributed by atoms with van der Waals surface area (Å²) in [4.78, 5) is 10.7. The van der Waals surface area contributed by atoms with Crippen molar-refractivity contribution in [1.82, 2.24) is 9.78 Å². The summed E-state index contributed by atoms with van der Waals surface area (Å²) in [5.41, 5.74) is 2.50. The summed E-state index contributed by atoms with van der Waals surface area (Å²) in [5, 5.41) is 4.73. The normalized spacial score (nSPS) is 10.5. The molecule has 1 aromatic heterocycles. The molecule has 0 aliphatic carbocycles. The van der Waals surface area contributed by atoms with Crippen LogP contribution in [0.2, 0.25) is 5.02 Å². The quantitative estimate of drug-likeness (QED) is 0.777. The number of rotatable bonds is 4. The lowest BCUT2D eigenvalue weighted by Gasteiger charge is -2.00. The average molecular weight is 249 g/mol. The van der Waals surface area contributed by atoms with Crippen LogP contribution in [0.15, 0.2) is 30.6 Å². The highest BCUT2D eigenvalue weighted by Gasteiger charge is 2.05. The molecule has 3 nitrogen and oxygen atoms in total. The standard InChI is InChI=1S/C13H13ClN2O/c1-2-5-16-8-12(7-15-16)10-3-4-11(9-17)13(14)6-10/h3-4,6-9H,2,5H2,1H3. The van der Waals surface area contributed by atoms with Gasteiger partial charge in [-0.25, -0.2) is 0 Å². The summed E-state index contributed by atoms with van der Waals surface area (Å²) < 4.78 is 1.90. The fourth-order valence-corrected chi connectivity index (χ4v) is 1.89. The molecule has 0 atom stereocenters. The van der Waals surface area contributed by atoms with Gasteiger partial charge >= 0.3 is 0 Å². The molecule has 0 aliphatic heterocycles. The van der Waals surface area contributed by atoms with Crippen molar-refractivity contribution in [3.63, 3.8) is 0 Å². The Balaban J connectivity index is 2.32. The zero-order valence-electron chi connectivity index (χ0n) is 9.56. The molecule has 0 saturated heterocycles. The number of hydrogen-bond acceptors (Lipinski definition) is 2. The summed E-state index contributed by atoms with van der Waals surface area (Å²) in [6.07, 6.45) is 5.59. The van der Waals surface area contributed by atoms with E-state index in [4.69, 9.17) is 11.6 Å². The first-order valence-electron chi connectivity index (χ1n) is 5.52. The van der Waals surface area contributed by atoms with E-state index in [1.807, 2.05) is 23.1 Å². The van der Waals surface area contributed by atoms with Gasteiger partial charge in [0, 0.05) is 23.9 Å². The maximum Gasteiger partial charge on any atom is 0.151 e. The minimum atomic E-state index is 0.473. The molecule has 0 bridgehead atoms. The van der Waals surface area contributed by atoms with Gasteiger partial charge in [0.05, 0.1) is 11.2 Å². The van der Waals surface area contributed by atoms with Gasteiger partial charge in [0.2, 0.25) is 0 Å². The molecule has 1 aromatic carbocycles. The minimum absolute atomic E-state index is 0.473. The molecule has 0 N–H and O–H groups in total. The van der Waals surface area contributed by atoms with Crippen molar-refractivity contribution >= 4 is 17.9 Å². The van der Waals surface area contributed by atoms with Gasteiger partial charge in [-0.3, -0.25) is 9.48 Å². The number of halogens is 1. The van der Waals surface area contributed by atoms with Crippen molar-refractivity contribution in [1.29, 1.82) is 0 Å². The molecule has 4 heteroatoms. The number of carbonyl (C=O) groups excluding carboxylic acids is 1. The number of nitrogens with zero attached hydrogens (tertiary/aromatic N) is 2. The van der Waals surface area contributed by atoms with Crippen LogP contribution in [0.5, 0.6) is 0 Å². The summed E-state index contributed by atoms with van der Waals surface area (Å²) in [6, 6.07) is 5.39.